The van der Waals surface area contributed by atoms with Crippen molar-refractivity contribution in [3.63, 3.8) is 0 Å². The van der Waals surface area contributed by atoms with Crippen LogP contribution in [0.5, 0.6) is 0 Å². The van der Waals surface area contributed by atoms with E-state index in [1.54, 1.807) is 54.6 Å². The summed E-state index contributed by atoms with van der Waals surface area (Å²) >= 11 is 6.44. The number of anilines is 1. The molecule has 2 atom stereocenters. The maximum atomic E-state index is 13.5. The number of rotatable bonds is 7. The number of Topliss-reactive ketones (excluding diaryl/α,β-unsaturated/α-hetero) is 1. The first kappa shape index (κ1) is 30.3. The molecule has 2 amide bonds. The van der Waals surface area contributed by atoms with Crippen molar-refractivity contribution >= 4 is 51.8 Å². The van der Waals surface area contributed by atoms with Gasteiger partial charge in [0.25, 0.3) is 0 Å². The number of nitrogens with zero attached hydrogens (tertiary/aromatic N) is 2. The van der Waals surface area contributed by atoms with Gasteiger partial charge in [-0.3, -0.25) is 19.3 Å². The van der Waals surface area contributed by atoms with Crippen molar-refractivity contribution < 1.29 is 23.9 Å². The van der Waals surface area contributed by atoms with Gasteiger partial charge in [-0.15, -0.1) is 0 Å². The van der Waals surface area contributed by atoms with Gasteiger partial charge in [-0.2, -0.15) is 0 Å². The molecule has 0 N–H and O–H groups in total. The van der Waals surface area contributed by atoms with E-state index in [1.807, 2.05) is 61.5 Å². The molecule has 2 aliphatic rings. The van der Waals surface area contributed by atoms with Crippen molar-refractivity contribution in [2.45, 2.75) is 19.8 Å². The Balaban J connectivity index is 1.14. The number of ketones is 1. The van der Waals surface area contributed by atoms with E-state index in [9.17, 15) is 19.2 Å². The number of hydrogen-bond acceptors (Lipinski definition) is 6. The number of imide groups is 1. The molecule has 1 fully saturated rings. The first-order valence-electron chi connectivity index (χ1n) is 15.4. The lowest BCUT2D eigenvalue weighted by atomic mass is 9.85. The first-order valence-corrected chi connectivity index (χ1v) is 15.8. The van der Waals surface area contributed by atoms with Crippen LogP contribution in [0.1, 0.15) is 39.1 Å². The fourth-order valence-electron chi connectivity index (χ4n) is 6.33. The van der Waals surface area contributed by atoms with Crippen LogP contribution in [0.2, 0.25) is 5.02 Å². The van der Waals surface area contributed by atoms with Gasteiger partial charge in [-0.05, 0) is 60.7 Å². The number of aromatic nitrogens is 1. The van der Waals surface area contributed by atoms with Crippen molar-refractivity contribution in [3.8, 4) is 22.4 Å². The highest BCUT2D eigenvalue weighted by atomic mass is 35.5. The zero-order valence-electron chi connectivity index (χ0n) is 25.5. The number of benzene rings is 4. The number of esters is 1. The Morgan fingerprint density at radius 2 is 1.43 bits per heavy atom. The minimum Gasteiger partial charge on any atom is -0.454 e. The number of halogens is 1. The summed E-state index contributed by atoms with van der Waals surface area (Å²) < 4.78 is 5.55. The molecule has 1 aliphatic heterocycles. The number of allylic oxidation sites excluding steroid dienone is 2. The summed E-state index contributed by atoms with van der Waals surface area (Å²) in [4.78, 5) is 58.8. The Labute approximate surface area is 276 Å². The lowest BCUT2D eigenvalue weighted by Gasteiger charge is -2.16. The Hall–Kier alpha value is -5.40. The third-order valence-corrected chi connectivity index (χ3v) is 9.37. The highest BCUT2D eigenvalue weighted by Gasteiger charge is 2.47. The van der Waals surface area contributed by atoms with E-state index in [-0.39, 0.29) is 35.0 Å². The van der Waals surface area contributed by atoms with Gasteiger partial charge in [0.1, 0.15) is 0 Å². The summed E-state index contributed by atoms with van der Waals surface area (Å²) in [6.07, 6.45) is 5.05. The topological polar surface area (TPSA) is 93.6 Å². The van der Waals surface area contributed by atoms with Crippen molar-refractivity contribution in [1.82, 2.24) is 4.98 Å². The van der Waals surface area contributed by atoms with Gasteiger partial charge in [0.15, 0.2) is 12.4 Å². The molecule has 7 rings (SSSR count). The average molecular weight is 641 g/mol. The molecule has 5 aromatic rings. The molecule has 4 aromatic carbocycles. The number of ether oxygens (including phenoxy) is 1. The number of aryl methyl sites for hydroxylation is 1. The smallest absolute Gasteiger partial charge is 0.339 e. The molecule has 1 aromatic heterocycles. The molecule has 47 heavy (non-hydrogen) atoms. The molecule has 2 unspecified atom stereocenters. The fraction of sp³-hybridized carbons (Fsp3) is 0.154. The highest BCUT2D eigenvalue weighted by molar-refractivity contribution is 6.32. The molecular weight excluding hydrogens is 612 g/mol. The van der Waals surface area contributed by atoms with E-state index in [0.717, 1.165) is 11.1 Å². The standard InChI is InChI=1S/C39H29ClN2O5/c1-23-33(40)20-19-29-32(39(46)47-22-35(43)27-13-11-25(12-14-27)24-7-3-2-4-8-24)21-34(41-36(23)29)26-15-17-28(18-16-26)42-37(44)30-9-5-6-10-31(30)38(42)45/h2-8,11-21,30-31H,9-10,22H2,1H3. The second-order valence-electron chi connectivity index (χ2n) is 11.8. The molecule has 2 heterocycles. The van der Waals surface area contributed by atoms with Crippen molar-refractivity contribution in [3.05, 3.63) is 131 Å². The van der Waals surface area contributed by atoms with Gasteiger partial charge in [-0.25, -0.2) is 9.78 Å². The molecule has 0 spiro atoms. The minimum absolute atomic E-state index is 0.182. The summed E-state index contributed by atoms with van der Waals surface area (Å²) in [7, 11) is 0. The minimum atomic E-state index is -0.671. The lowest BCUT2D eigenvalue weighted by Crippen LogP contribution is -2.30. The first-order chi connectivity index (χ1) is 22.8. The molecule has 0 saturated carbocycles. The van der Waals surface area contributed by atoms with Crippen molar-refractivity contribution in [2.75, 3.05) is 11.5 Å². The molecule has 8 heteroatoms. The summed E-state index contributed by atoms with van der Waals surface area (Å²) in [5.41, 5.74) is 5.54. The SMILES string of the molecule is Cc1c(Cl)ccc2c(C(=O)OCC(=O)c3ccc(-c4ccccc4)cc3)cc(-c3ccc(N4C(=O)C5CC=CCC5C4=O)cc3)nc12. The molecule has 7 nitrogen and oxygen atoms in total. The van der Waals surface area contributed by atoms with Crippen LogP contribution in [0.4, 0.5) is 5.69 Å². The fourth-order valence-corrected chi connectivity index (χ4v) is 6.48. The normalized spacial score (nSPS) is 17.2. The van der Waals surface area contributed by atoms with Crippen LogP contribution in [0.25, 0.3) is 33.3 Å². The van der Waals surface area contributed by atoms with Gasteiger partial charge in [0.05, 0.1) is 34.3 Å². The van der Waals surface area contributed by atoms with E-state index in [1.165, 1.54) is 4.90 Å². The van der Waals surface area contributed by atoms with Gasteiger partial charge < -0.3 is 4.74 Å². The molecule has 0 bridgehead atoms. The van der Waals surface area contributed by atoms with Gasteiger partial charge in [0, 0.05) is 21.5 Å². The van der Waals surface area contributed by atoms with Gasteiger partial charge >= 0.3 is 5.97 Å². The number of amides is 2. The zero-order chi connectivity index (χ0) is 32.7. The number of fused-ring (bicyclic) bond motifs is 2. The highest BCUT2D eigenvalue weighted by Crippen LogP contribution is 2.38. The van der Waals surface area contributed by atoms with Gasteiger partial charge in [-0.1, -0.05) is 96.5 Å². The van der Waals surface area contributed by atoms with E-state index < -0.39 is 12.6 Å². The van der Waals surface area contributed by atoms with E-state index >= 15 is 0 Å². The van der Waals surface area contributed by atoms with E-state index in [4.69, 9.17) is 21.3 Å². The summed E-state index contributed by atoms with van der Waals surface area (Å²) in [5.74, 6) is -2.01. The van der Waals surface area contributed by atoms with Crippen molar-refractivity contribution in [2.24, 2.45) is 11.8 Å². The number of hydrogen-bond donors (Lipinski definition) is 0. The van der Waals surface area contributed by atoms with Gasteiger partial charge in [0.2, 0.25) is 11.8 Å². The van der Waals surface area contributed by atoms with Crippen LogP contribution in [0, 0.1) is 18.8 Å². The van der Waals surface area contributed by atoms with Crippen LogP contribution < -0.4 is 4.90 Å². The third-order valence-electron chi connectivity index (χ3n) is 8.97. The Kier molecular flexibility index (Phi) is 8.00. The zero-order valence-corrected chi connectivity index (χ0v) is 26.2. The van der Waals surface area contributed by atoms with E-state index in [0.29, 0.717) is 56.8 Å². The molecule has 1 aliphatic carbocycles. The van der Waals surface area contributed by atoms with Crippen molar-refractivity contribution in [1.29, 1.82) is 0 Å². The quantitative estimate of drug-likeness (QED) is 0.0774. The third kappa shape index (κ3) is 5.64. The number of pyridine rings is 1. The predicted molar refractivity (Wildman–Crippen MR) is 181 cm³/mol. The second-order valence-corrected chi connectivity index (χ2v) is 12.2. The maximum Gasteiger partial charge on any atom is 0.339 e. The number of carbonyl (C=O) groups is 4. The Bertz CT molecular complexity index is 2060. The largest absolute Gasteiger partial charge is 0.454 e. The maximum absolute atomic E-state index is 13.5. The van der Waals surface area contributed by atoms with Crippen LogP contribution >= 0.6 is 11.6 Å². The molecular formula is C39H29ClN2O5. The Morgan fingerprint density at radius 1 is 0.809 bits per heavy atom. The summed E-state index contributed by atoms with van der Waals surface area (Å²) in [6, 6.07) is 29.0. The van der Waals surface area contributed by atoms with Crippen LogP contribution in [0.3, 0.4) is 0 Å². The average Bonchev–Trinajstić information content (AvgIpc) is 3.37. The van der Waals surface area contributed by atoms with E-state index in [2.05, 4.69) is 0 Å². The summed E-state index contributed by atoms with van der Waals surface area (Å²) in [5, 5.41) is 1.04. The Morgan fingerprint density at radius 3 is 2.09 bits per heavy atom. The second kappa shape index (κ2) is 12.4. The molecule has 0 radical (unpaired) electrons. The molecule has 1 saturated heterocycles. The monoisotopic (exact) mass is 640 g/mol. The molecule has 232 valence electrons. The van der Waals surface area contributed by atoms with Crippen LogP contribution in [-0.4, -0.2) is 35.2 Å². The van der Waals surface area contributed by atoms with Crippen LogP contribution in [-0.2, 0) is 14.3 Å². The number of carbonyl (C=O) groups excluding carboxylic acids is 4. The lowest BCUT2D eigenvalue weighted by molar-refractivity contribution is -0.122. The summed E-state index contributed by atoms with van der Waals surface area (Å²) in [6.45, 7) is 1.39. The van der Waals surface area contributed by atoms with Crippen LogP contribution in [0.15, 0.2) is 109 Å². The predicted octanol–water partition coefficient (Wildman–Crippen LogP) is 8.03.